The standard InChI is InChI=1S/C19H21BrN2O2S2/c1-3-5-9-21-14-8-7-12(20)11-13(14)15(17(21)23)16-18(24)22(10-6-4-2)19(25)26-16/h7-8,11H,3-6,9-10H2,1-2H3. The van der Waals surface area contributed by atoms with Gasteiger partial charge in [-0.1, -0.05) is 66.6 Å². The van der Waals surface area contributed by atoms with Crippen LogP contribution in [0, 0.1) is 0 Å². The molecule has 2 amide bonds. The maximum absolute atomic E-state index is 13.2. The molecule has 138 valence electrons. The third-order valence-electron chi connectivity index (χ3n) is 4.52. The predicted octanol–water partition coefficient (Wildman–Crippen LogP) is 4.97. The number of thioether (sulfide) groups is 1. The van der Waals surface area contributed by atoms with Crippen molar-refractivity contribution in [2.45, 2.75) is 39.5 Å². The fourth-order valence-corrected chi connectivity index (χ4v) is 4.86. The van der Waals surface area contributed by atoms with Crippen LogP contribution in [0.4, 0.5) is 5.69 Å². The fourth-order valence-electron chi connectivity index (χ4n) is 3.12. The predicted molar refractivity (Wildman–Crippen MR) is 115 cm³/mol. The van der Waals surface area contributed by atoms with E-state index in [2.05, 4.69) is 29.8 Å². The molecule has 3 rings (SSSR count). The van der Waals surface area contributed by atoms with Crippen LogP contribution >= 0.6 is 39.9 Å². The summed E-state index contributed by atoms with van der Waals surface area (Å²) in [7, 11) is 0. The summed E-state index contributed by atoms with van der Waals surface area (Å²) in [4.78, 5) is 30.0. The third-order valence-corrected chi connectivity index (χ3v) is 6.47. The van der Waals surface area contributed by atoms with Crippen LogP contribution in [0.15, 0.2) is 27.6 Å². The van der Waals surface area contributed by atoms with E-state index >= 15 is 0 Å². The minimum atomic E-state index is -0.139. The number of halogens is 1. The molecule has 4 nitrogen and oxygen atoms in total. The van der Waals surface area contributed by atoms with Gasteiger partial charge < -0.3 is 4.90 Å². The monoisotopic (exact) mass is 452 g/mol. The highest BCUT2D eigenvalue weighted by molar-refractivity contribution is 9.10. The van der Waals surface area contributed by atoms with Gasteiger partial charge in [0.1, 0.15) is 4.32 Å². The molecule has 7 heteroatoms. The maximum Gasteiger partial charge on any atom is 0.267 e. The Morgan fingerprint density at radius 1 is 1.04 bits per heavy atom. The zero-order valence-corrected chi connectivity index (χ0v) is 18.1. The molecule has 0 spiro atoms. The molecular weight excluding hydrogens is 432 g/mol. The Hall–Kier alpha value is -1.18. The van der Waals surface area contributed by atoms with Gasteiger partial charge in [-0.15, -0.1) is 0 Å². The number of hydrogen-bond donors (Lipinski definition) is 0. The minimum Gasteiger partial charge on any atom is -0.308 e. The number of benzene rings is 1. The van der Waals surface area contributed by atoms with Gasteiger partial charge in [-0.05, 0) is 31.0 Å². The molecule has 1 saturated heterocycles. The number of carbonyl (C=O) groups is 2. The van der Waals surface area contributed by atoms with Gasteiger partial charge in [0, 0.05) is 23.1 Å². The molecule has 0 atom stereocenters. The first-order chi connectivity index (χ1) is 12.5. The Labute approximate surface area is 172 Å². The van der Waals surface area contributed by atoms with E-state index in [0.717, 1.165) is 41.4 Å². The number of hydrogen-bond acceptors (Lipinski definition) is 4. The number of unbranched alkanes of at least 4 members (excludes halogenated alkanes) is 2. The second-order valence-electron chi connectivity index (χ2n) is 6.35. The zero-order valence-electron chi connectivity index (χ0n) is 14.9. The van der Waals surface area contributed by atoms with Crippen LogP contribution in [0.1, 0.15) is 45.1 Å². The van der Waals surface area contributed by atoms with Crippen molar-refractivity contribution in [2.24, 2.45) is 0 Å². The Kier molecular flexibility index (Phi) is 6.20. The summed E-state index contributed by atoms with van der Waals surface area (Å²) < 4.78 is 1.43. The molecule has 26 heavy (non-hydrogen) atoms. The molecule has 1 aromatic carbocycles. The quantitative estimate of drug-likeness (QED) is 0.451. The molecule has 2 aliphatic rings. The molecule has 0 radical (unpaired) electrons. The molecule has 0 aliphatic carbocycles. The first-order valence-corrected chi connectivity index (χ1v) is 10.9. The number of anilines is 1. The van der Waals surface area contributed by atoms with E-state index < -0.39 is 0 Å². The molecule has 0 aromatic heterocycles. The van der Waals surface area contributed by atoms with Crippen molar-refractivity contribution >= 4 is 67.3 Å². The highest BCUT2D eigenvalue weighted by Gasteiger charge is 2.41. The second-order valence-corrected chi connectivity index (χ2v) is 8.91. The van der Waals surface area contributed by atoms with Crippen LogP contribution in [-0.2, 0) is 9.59 Å². The fraction of sp³-hybridized carbons (Fsp3) is 0.421. The van der Waals surface area contributed by atoms with Crippen LogP contribution in [-0.4, -0.2) is 34.1 Å². The van der Waals surface area contributed by atoms with Gasteiger partial charge in [0.25, 0.3) is 11.8 Å². The Bertz CT molecular complexity index is 807. The van der Waals surface area contributed by atoms with E-state index in [1.54, 1.807) is 9.80 Å². The average molecular weight is 453 g/mol. The first kappa shape index (κ1) is 19.6. The van der Waals surface area contributed by atoms with Gasteiger partial charge in [0.2, 0.25) is 0 Å². The van der Waals surface area contributed by atoms with Crippen molar-refractivity contribution in [3.8, 4) is 0 Å². The summed E-state index contributed by atoms with van der Waals surface area (Å²) in [5.74, 6) is -0.234. The Morgan fingerprint density at radius 2 is 1.69 bits per heavy atom. The highest BCUT2D eigenvalue weighted by Crippen LogP contribution is 2.45. The SMILES string of the molecule is CCCCN1C(=O)C(=C2C(=O)N(CCCC)c3ccc(Br)cc32)SC1=S. The minimum absolute atomic E-state index is 0.0949. The lowest BCUT2D eigenvalue weighted by molar-refractivity contribution is -0.122. The van der Waals surface area contributed by atoms with Crippen LogP contribution in [0.3, 0.4) is 0 Å². The van der Waals surface area contributed by atoms with Crippen molar-refractivity contribution in [2.75, 3.05) is 18.0 Å². The summed E-state index contributed by atoms with van der Waals surface area (Å²) in [5, 5.41) is 0. The third kappa shape index (κ3) is 3.49. The second kappa shape index (κ2) is 8.23. The molecule has 0 bridgehead atoms. The maximum atomic E-state index is 13.2. The summed E-state index contributed by atoms with van der Waals surface area (Å²) in [5.41, 5.74) is 2.19. The van der Waals surface area contributed by atoms with Crippen molar-refractivity contribution in [3.63, 3.8) is 0 Å². The van der Waals surface area contributed by atoms with E-state index in [0.29, 0.717) is 27.9 Å². The van der Waals surface area contributed by atoms with Crippen LogP contribution in [0.25, 0.3) is 5.57 Å². The van der Waals surface area contributed by atoms with Crippen molar-refractivity contribution in [3.05, 3.63) is 33.1 Å². The molecule has 0 unspecified atom stereocenters. The Morgan fingerprint density at radius 3 is 2.35 bits per heavy atom. The number of carbonyl (C=O) groups excluding carboxylic acids is 2. The molecule has 2 heterocycles. The van der Waals surface area contributed by atoms with Gasteiger partial charge >= 0.3 is 0 Å². The van der Waals surface area contributed by atoms with Gasteiger partial charge in [-0.2, -0.15) is 0 Å². The van der Waals surface area contributed by atoms with Gasteiger partial charge in [0.05, 0.1) is 16.2 Å². The van der Waals surface area contributed by atoms with Crippen LogP contribution in [0.2, 0.25) is 0 Å². The summed E-state index contributed by atoms with van der Waals surface area (Å²) in [6.07, 6.45) is 3.81. The van der Waals surface area contributed by atoms with Crippen LogP contribution < -0.4 is 4.90 Å². The average Bonchev–Trinajstić information content (AvgIpc) is 3.04. The lowest BCUT2D eigenvalue weighted by Crippen LogP contribution is -2.30. The number of fused-ring (bicyclic) bond motifs is 1. The zero-order chi connectivity index (χ0) is 18.8. The number of thiocarbonyl (C=S) groups is 1. The number of rotatable bonds is 6. The molecule has 0 N–H and O–H groups in total. The summed E-state index contributed by atoms with van der Waals surface area (Å²) >= 11 is 10.1. The van der Waals surface area contributed by atoms with Crippen molar-refractivity contribution in [1.82, 2.24) is 4.90 Å². The summed E-state index contributed by atoms with van der Waals surface area (Å²) in [6.45, 7) is 5.44. The lowest BCUT2D eigenvalue weighted by Gasteiger charge is -2.16. The largest absolute Gasteiger partial charge is 0.308 e. The lowest BCUT2D eigenvalue weighted by atomic mass is 10.1. The number of nitrogens with zero attached hydrogens (tertiary/aromatic N) is 2. The topological polar surface area (TPSA) is 40.6 Å². The van der Waals surface area contributed by atoms with Gasteiger partial charge in [-0.3, -0.25) is 14.5 Å². The molecular formula is C19H21BrN2O2S2. The molecule has 1 aromatic rings. The van der Waals surface area contributed by atoms with E-state index in [-0.39, 0.29) is 11.8 Å². The number of amides is 2. The van der Waals surface area contributed by atoms with Gasteiger partial charge in [0.15, 0.2) is 0 Å². The molecule has 1 fully saturated rings. The van der Waals surface area contributed by atoms with E-state index in [4.69, 9.17) is 12.2 Å². The highest BCUT2D eigenvalue weighted by atomic mass is 79.9. The van der Waals surface area contributed by atoms with Crippen molar-refractivity contribution in [1.29, 1.82) is 0 Å². The van der Waals surface area contributed by atoms with Crippen molar-refractivity contribution < 1.29 is 9.59 Å². The Balaban J connectivity index is 2.06. The summed E-state index contributed by atoms with van der Waals surface area (Å²) in [6, 6.07) is 5.80. The van der Waals surface area contributed by atoms with E-state index in [9.17, 15) is 9.59 Å². The first-order valence-electron chi connectivity index (χ1n) is 8.89. The van der Waals surface area contributed by atoms with Crippen LogP contribution in [0.5, 0.6) is 0 Å². The van der Waals surface area contributed by atoms with E-state index in [1.165, 1.54) is 11.8 Å². The van der Waals surface area contributed by atoms with Gasteiger partial charge in [-0.25, -0.2) is 0 Å². The smallest absolute Gasteiger partial charge is 0.267 e. The van der Waals surface area contributed by atoms with E-state index in [1.807, 2.05) is 18.2 Å². The molecule has 2 aliphatic heterocycles. The normalized spacial score (nSPS) is 19.7. The molecule has 0 saturated carbocycles.